The van der Waals surface area contributed by atoms with Gasteiger partial charge in [-0.1, -0.05) is 23.7 Å². The lowest BCUT2D eigenvalue weighted by Gasteiger charge is -2.38. The summed E-state index contributed by atoms with van der Waals surface area (Å²) in [5, 5.41) is 4.76. The average molecular weight is 475 g/mol. The van der Waals surface area contributed by atoms with Crippen molar-refractivity contribution in [1.29, 1.82) is 0 Å². The number of anilines is 1. The molecule has 2 aliphatic rings. The molecule has 2 bridgehead atoms. The van der Waals surface area contributed by atoms with E-state index in [9.17, 15) is 8.78 Å². The molecule has 174 valence electrons. The highest BCUT2D eigenvalue weighted by Gasteiger charge is 2.43. The average Bonchev–Trinajstić information content (AvgIpc) is 3.24. The zero-order valence-corrected chi connectivity index (χ0v) is 19.0. The van der Waals surface area contributed by atoms with Crippen LogP contribution in [-0.2, 0) is 13.0 Å². The molecule has 2 fully saturated rings. The van der Waals surface area contributed by atoms with Gasteiger partial charge in [0.25, 0.3) is 6.43 Å². The maximum atomic E-state index is 13.2. The van der Waals surface area contributed by atoms with Crippen LogP contribution in [0.5, 0.6) is 11.8 Å². The van der Waals surface area contributed by atoms with Gasteiger partial charge in [0.2, 0.25) is 0 Å². The topological polar surface area (TPSA) is 69.0 Å². The maximum Gasteiger partial charge on any atom is 0.320 e. The molecular weight excluding hydrogens is 450 g/mol. The number of piperidine rings is 1. The van der Waals surface area contributed by atoms with Gasteiger partial charge in [-0.25, -0.2) is 23.4 Å². The molecule has 0 amide bonds. The van der Waals surface area contributed by atoms with E-state index in [0.717, 1.165) is 42.1 Å². The number of nitrogens with zero attached hydrogens (tertiary/aromatic N) is 6. The summed E-state index contributed by atoms with van der Waals surface area (Å²) in [5.74, 6) is 3.23. The van der Waals surface area contributed by atoms with Gasteiger partial charge in [0.15, 0.2) is 5.82 Å². The summed E-state index contributed by atoms with van der Waals surface area (Å²) < 4.78 is 33.2. The van der Waals surface area contributed by atoms with Crippen LogP contribution in [0, 0.1) is 24.7 Å². The number of fused-ring (bicyclic) bond motifs is 2. The Morgan fingerprint density at radius 3 is 2.61 bits per heavy atom. The second kappa shape index (κ2) is 9.21. The molecule has 33 heavy (non-hydrogen) atoms. The fourth-order valence-corrected chi connectivity index (χ4v) is 5.26. The lowest BCUT2D eigenvalue weighted by atomic mass is 9.82. The predicted molar refractivity (Wildman–Crippen MR) is 120 cm³/mol. The van der Waals surface area contributed by atoms with Crippen molar-refractivity contribution in [1.82, 2.24) is 24.7 Å². The van der Waals surface area contributed by atoms with Gasteiger partial charge >= 0.3 is 6.01 Å². The third-order valence-corrected chi connectivity index (χ3v) is 6.90. The van der Waals surface area contributed by atoms with E-state index in [4.69, 9.17) is 16.3 Å². The summed E-state index contributed by atoms with van der Waals surface area (Å²) >= 11 is 6.17. The number of hydrogen-bond acceptors (Lipinski definition) is 6. The van der Waals surface area contributed by atoms with Crippen molar-refractivity contribution in [2.24, 2.45) is 17.8 Å². The van der Waals surface area contributed by atoms with Gasteiger partial charge in [0.1, 0.15) is 24.4 Å². The summed E-state index contributed by atoms with van der Waals surface area (Å²) in [5.41, 5.74) is 0.953. The van der Waals surface area contributed by atoms with E-state index in [1.807, 2.05) is 13.0 Å². The largest absolute Gasteiger partial charge is 0.423 e. The van der Waals surface area contributed by atoms with Crippen molar-refractivity contribution in [3.63, 3.8) is 0 Å². The Morgan fingerprint density at radius 1 is 1.15 bits per heavy atom. The number of halogens is 3. The fourth-order valence-electron chi connectivity index (χ4n) is 5.09. The van der Waals surface area contributed by atoms with Crippen LogP contribution < -0.4 is 9.64 Å². The van der Waals surface area contributed by atoms with Crippen LogP contribution in [0.2, 0.25) is 5.02 Å². The van der Waals surface area contributed by atoms with Crippen LogP contribution in [0.4, 0.5) is 14.6 Å². The van der Waals surface area contributed by atoms with E-state index in [1.54, 1.807) is 30.6 Å². The molecule has 0 N–H and O–H groups in total. The lowest BCUT2D eigenvalue weighted by Crippen LogP contribution is -2.43. The molecule has 1 saturated heterocycles. The lowest BCUT2D eigenvalue weighted by molar-refractivity contribution is 0.117. The maximum absolute atomic E-state index is 13.2. The highest BCUT2D eigenvalue weighted by atomic mass is 35.5. The van der Waals surface area contributed by atoms with Crippen LogP contribution in [0.25, 0.3) is 0 Å². The van der Waals surface area contributed by atoms with Gasteiger partial charge in [-0.2, -0.15) is 10.1 Å². The van der Waals surface area contributed by atoms with Crippen molar-refractivity contribution >= 4 is 17.4 Å². The minimum absolute atomic E-state index is 0.0413. The van der Waals surface area contributed by atoms with Crippen LogP contribution >= 0.6 is 11.6 Å². The SMILES string of the molecule is Cc1cc(N2CC3CCC(C2)C3Cc2nc(Oc3ccccc3Cl)n(CC(F)F)n2)ncn1. The highest BCUT2D eigenvalue weighted by Crippen LogP contribution is 2.44. The first-order valence-electron chi connectivity index (χ1n) is 11.1. The number of rotatable bonds is 7. The van der Waals surface area contributed by atoms with Crippen molar-refractivity contribution in [3.8, 4) is 11.8 Å². The summed E-state index contributed by atoms with van der Waals surface area (Å²) in [4.78, 5) is 15.5. The minimum atomic E-state index is -2.57. The molecule has 1 aliphatic carbocycles. The molecule has 5 rings (SSSR count). The molecule has 0 spiro atoms. The molecule has 1 aliphatic heterocycles. The first kappa shape index (κ1) is 22.0. The number of ether oxygens (including phenoxy) is 1. The molecular formula is C23H25ClF2N6O. The Bertz CT molecular complexity index is 1110. The molecule has 7 nitrogen and oxygen atoms in total. The Kier molecular flexibility index (Phi) is 6.14. The van der Waals surface area contributed by atoms with Crippen molar-refractivity contribution in [3.05, 3.63) is 53.2 Å². The van der Waals surface area contributed by atoms with Gasteiger partial charge in [-0.15, -0.1) is 0 Å². The first-order valence-corrected chi connectivity index (χ1v) is 11.5. The Morgan fingerprint density at radius 2 is 1.91 bits per heavy atom. The number of aromatic nitrogens is 5. The summed E-state index contributed by atoms with van der Waals surface area (Å²) in [6.07, 6.45) is 1.96. The number of benzene rings is 1. The van der Waals surface area contributed by atoms with Crippen LogP contribution in [0.3, 0.4) is 0 Å². The molecule has 2 atom stereocenters. The second-order valence-electron chi connectivity index (χ2n) is 8.80. The Hall–Kier alpha value is -2.81. The summed E-state index contributed by atoms with van der Waals surface area (Å²) in [6, 6.07) is 8.95. The number of para-hydroxylation sites is 1. The number of alkyl halides is 2. The molecule has 2 aromatic heterocycles. The van der Waals surface area contributed by atoms with Crippen molar-refractivity contribution < 1.29 is 13.5 Å². The summed E-state index contributed by atoms with van der Waals surface area (Å²) in [7, 11) is 0. The zero-order valence-electron chi connectivity index (χ0n) is 18.2. The monoisotopic (exact) mass is 474 g/mol. The van der Waals surface area contributed by atoms with Gasteiger partial charge in [-0.05, 0) is 49.7 Å². The molecule has 1 aromatic carbocycles. The van der Waals surface area contributed by atoms with Gasteiger partial charge < -0.3 is 9.64 Å². The molecule has 1 saturated carbocycles. The van der Waals surface area contributed by atoms with Crippen LogP contribution in [0.15, 0.2) is 36.7 Å². The normalized spacial score (nSPS) is 22.2. The van der Waals surface area contributed by atoms with Gasteiger partial charge in [-0.3, -0.25) is 0 Å². The quantitative estimate of drug-likeness (QED) is 0.490. The molecule has 10 heteroatoms. The number of hydrogen-bond donors (Lipinski definition) is 0. The smallest absolute Gasteiger partial charge is 0.320 e. The summed E-state index contributed by atoms with van der Waals surface area (Å²) in [6.45, 7) is 3.22. The zero-order chi connectivity index (χ0) is 22.9. The van der Waals surface area contributed by atoms with E-state index in [0.29, 0.717) is 40.8 Å². The second-order valence-corrected chi connectivity index (χ2v) is 9.21. The van der Waals surface area contributed by atoms with E-state index in [-0.39, 0.29) is 6.01 Å². The van der Waals surface area contributed by atoms with E-state index in [2.05, 4.69) is 25.0 Å². The minimum Gasteiger partial charge on any atom is -0.423 e. The van der Waals surface area contributed by atoms with Crippen molar-refractivity contribution in [2.75, 3.05) is 18.0 Å². The van der Waals surface area contributed by atoms with Gasteiger partial charge in [0.05, 0.1) is 5.02 Å². The first-order chi connectivity index (χ1) is 16.0. The van der Waals surface area contributed by atoms with Gasteiger partial charge in [0, 0.05) is 31.3 Å². The molecule has 0 radical (unpaired) electrons. The molecule has 3 heterocycles. The third kappa shape index (κ3) is 4.78. The van der Waals surface area contributed by atoms with E-state index in [1.165, 1.54) is 0 Å². The number of aryl methyl sites for hydroxylation is 1. The Labute approximate surface area is 195 Å². The fraction of sp³-hybridized carbons (Fsp3) is 0.478. The van der Waals surface area contributed by atoms with E-state index < -0.39 is 13.0 Å². The standard InChI is InChI=1S/C23H25ClF2N6O/c1-14-8-22(28-13-27-14)31-10-15-6-7-16(11-31)17(15)9-21-29-23(32(30-21)12-20(25)26)33-19-5-3-2-4-18(19)24/h2-5,8,13,15-17,20H,6-7,9-12H2,1H3. The highest BCUT2D eigenvalue weighted by molar-refractivity contribution is 6.32. The third-order valence-electron chi connectivity index (χ3n) is 6.59. The molecule has 3 aromatic rings. The van der Waals surface area contributed by atoms with Crippen LogP contribution in [-0.4, -0.2) is 44.2 Å². The van der Waals surface area contributed by atoms with Crippen molar-refractivity contribution in [2.45, 2.75) is 39.2 Å². The van der Waals surface area contributed by atoms with Crippen LogP contribution in [0.1, 0.15) is 24.4 Å². The Balaban J connectivity index is 1.33. The predicted octanol–water partition coefficient (Wildman–Crippen LogP) is 4.79. The van der Waals surface area contributed by atoms with E-state index >= 15 is 0 Å². The molecule has 2 unspecified atom stereocenters.